The molecule has 0 unspecified atom stereocenters. The molecule has 0 aliphatic heterocycles. The highest BCUT2D eigenvalue weighted by Gasteiger charge is 2.23. The predicted molar refractivity (Wildman–Crippen MR) is 268 cm³/mol. The molecule has 0 aliphatic carbocycles. The summed E-state index contributed by atoms with van der Waals surface area (Å²) in [5.41, 5.74) is 28.9. The molecule has 0 aliphatic rings. The number of hydrogen-bond acceptors (Lipinski definition) is 23. The van der Waals surface area contributed by atoms with E-state index >= 15 is 0 Å². The van der Waals surface area contributed by atoms with Gasteiger partial charge in [0, 0.05) is 49.4 Å². The summed E-state index contributed by atoms with van der Waals surface area (Å²) in [4.78, 5) is 120. The second-order valence-corrected chi connectivity index (χ2v) is 16.1. The number of aromatic amines is 1. The van der Waals surface area contributed by atoms with Gasteiger partial charge in [0.05, 0.1) is 49.4 Å². The van der Waals surface area contributed by atoms with Gasteiger partial charge in [0.2, 0.25) is 11.9 Å². The zero-order valence-corrected chi connectivity index (χ0v) is 39.8. The summed E-state index contributed by atoms with van der Waals surface area (Å²) in [5, 5.41) is 40.5. The van der Waals surface area contributed by atoms with Gasteiger partial charge in [-0.15, -0.1) is 0 Å². The number of carboxylic acids is 4. The first kappa shape index (κ1) is 53.8. The molecule has 0 spiro atoms. The number of imidazole rings is 1. The molecule has 0 radical (unpaired) electrons. The molecule has 30 heteroatoms. The van der Waals surface area contributed by atoms with Gasteiger partial charge in [-0.2, -0.15) is 19.9 Å². The van der Waals surface area contributed by atoms with Gasteiger partial charge in [0.15, 0.2) is 39.6 Å². The standard InChI is InChI=1S/2C20H22N8O5.C5H4N4/c2*1-28(9-11-8-23-17-15(24-11)16(21)26-20(22)27-17)12-4-2-10(3-5-12)18(31)25-13(19(32)33)6-7-14(29)30;1-4-5(8-2-6-1)9-3-7-4/h2*2-5,8,13H,6-7,9H2,1H3,(H,25,31)(H,29,30)(H,32,33)(H4,21,22,23,26,27);1-3H,(H,6,7,8,9)/t2*13-;/m00./s1. The van der Waals surface area contributed by atoms with Crippen molar-refractivity contribution >= 4 is 104 Å². The normalized spacial score (nSPS) is 11.5. The minimum Gasteiger partial charge on any atom is -0.481 e. The first-order chi connectivity index (χ1) is 35.7. The van der Waals surface area contributed by atoms with Crippen molar-refractivity contribution in [2.24, 2.45) is 0 Å². The van der Waals surface area contributed by atoms with Crippen molar-refractivity contribution in [3.05, 3.63) is 102 Å². The number of H-pyrrole nitrogens is 1. The number of anilines is 6. The quantitative estimate of drug-likeness (QED) is 0.0568. The van der Waals surface area contributed by atoms with Gasteiger partial charge in [-0.05, 0) is 61.4 Å². The van der Waals surface area contributed by atoms with Crippen LogP contribution in [0.2, 0.25) is 0 Å². The molecule has 8 rings (SSSR count). The van der Waals surface area contributed by atoms with Crippen molar-refractivity contribution in [2.75, 3.05) is 46.8 Å². The number of carbonyl (C=O) groups is 6. The summed E-state index contributed by atoms with van der Waals surface area (Å²) in [5.74, 6) is -5.82. The molecule has 2 atom stereocenters. The minimum atomic E-state index is -1.30. The number of nitrogens with zero attached hydrogens (tertiary/aromatic N) is 13. The van der Waals surface area contributed by atoms with E-state index in [0.717, 1.165) is 16.9 Å². The molecule has 2 aromatic carbocycles. The fourth-order valence-electron chi connectivity index (χ4n) is 6.75. The summed E-state index contributed by atoms with van der Waals surface area (Å²) in [6, 6.07) is 10.3. The van der Waals surface area contributed by atoms with Crippen molar-refractivity contribution in [1.29, 1.82) is 0 Å². The summed E-state index contributed by atoms with van der Waals surface area (Å²) >= 11 is 0. The average Bonchev–Trinajstić information content (AvgIpc) is 3.86. The maximum Gasteiger partial charge on any atom is 0.326 e. The minimum absolute atomic E-state index is 0.0138. The fourth-order valence-corrected chi connectivity index (χ4v) is 6.75. The Balaban J connectivity index is 0.000000208. The first-order valence-corrected chi connectivity index (χ1v) is 22.1. The lowest BCUT2D eigenvalue weighted by Crippen LogP contribution is -2.41. The zero-order chi connectivity index (χ0) is 54.3. The van der Waals surface area contributed by atoms with E-state index in [0.29, 0.717) is 52.5 Å². The maximum absolute atomic E-state index is 12.4. The van der Waals surface area contributed by atoms with E-state index in [9.17, 15) is 39.0 Å². The third-order valence-corrected chi connectivity index (χ3v) is 10.5. The van der Waals surface area contributed by atoms with Crippen molar-refractivity contribution in [1.82, 2.24) is 70.4 Å². The van der Waals surface area contributed by atoms with E-state index in [1.165, 1.54) is 30.6 Å². The van der Waals surface area contributed by atoms with Crippen LogP contribution in [0.1, 0.15) is 57.8 Å². The molecule has 0 saturated carbocycles. The second-order valence-electron chi connectivity index (χ2n) is 16.1. The van der Waals surface area contributed by atoms with Crippen LogP contribution in [-0.4, -0.2) is 142 Å². The van der Waals surface area contributed by atoms with Gasteiger partial charge in [-0.1, -0.05) is 0 Å². The Hall–Kier alpha value is -10.6. The van der Waals surface area contributed by atoms with Gasteiger partial charge in [-0.3, -0.25) is 19.2 Å². The number of rotatable bonds is 18. The Labute approximate surface area is 422 Å². The molecule has 8 aromatic rings. The second kappa shape index (κ2) is 24.5. The first-order valence-electron chi connectivity index (χ1n) is 22.1. The van der Waals surface area contributed by atoms with Gasteiger partial charge in [0.25, 0.3) is 11.8 Å². The highest BCUT2D eigenvalue weighted by atomic mass is 16.4. The summed E-state index contributed by atoms with van der Waals surface area (Å²) < 4.78 is 0. The summed E-state index contributed by atoms with van der Waals surface area (Å²) in [7, 11) is 3.63. The van der Waals surface area contributed by atoms with Crippen LogP contribution in [-0.2, 0) is 32.3 Å². The number of benzene rings is 2. The lowest BCUT2D eigenvalue weighted by molar-refractivity contribution is -0.142. The number of carboxylic acid groups (broad SMARTS) is 4. The molecule has 2 amide bonds. The fraction of sp³-hybridized carbons (Fsp3) is 0.222. The van der Waals surface area contributed by atoms with E-state index < -0.39 is 47.8 Å². The number of aliphatic carboxylic acids is 4. The van der Waals surface area contributed by atoms with Gasteiger partial charge >= 0.3 is 23.9 Å². The monoisotopic (exact) mass is 1030 g/mol. The van der Waals surface area contributed by atoms with E-state index in [-0.39, 0.29) is 60.3 Å². The predicted octanol–water partition coefficient (Wildman–Crippen LogP) is 0.890. The highest BCUT2D eigenvalue weighted by molar-refractivity contribution is 5.98. The van der Waals surface area contributed by atoms with Crippen molar-refractivity contribution in [3.8, 4) is 0 Å². The van der Waals surface area contributed by atoms with Gasteiger partial charge in [-0.25, -0.2) is 44.5 Å². The summed E-state index contributed by atoms with van der Waals surface area (Å²) in [6.45, 7) is 0.739. The number of nitrogens with one attached hydrogen (secondary N) is 3. The number of aromatic nitrogens is 12. The van der Waals surface area contributed by atoms with Crippen molar-refractivity contribution in [3.63, 3.8) is 0 Å². The molecule has 0 bridgehead atoms. The van der Waals surface area contributed by atoms with Crippen LogP contribution in [0.25, 0.3) is 33.5 Å². The molecule has 6 aromatic heterocycles. The smallest absolute Gasteiger partial charge is 0.326 e. The van der Waals surface area contributed by atoms with E-state index in [4.69, 9.17) is 33.1 Å². The van der Waals surface area contributed by atoms with Gasteiger partial charge in [0.1, 0.15) is 23.9 Å². The van der Waals surface area contributed by atoms with E-state index in [1.807, 2.05) is 23.9 Å². The highest BCUT2D eigenvalue weighted by Crippen LogP contribution is 2.21. The number of nitrogen functional groups attached to an aromatic ring is 4. The number of amides is 2. The van der Waals surface area contributed by atoms with Crippen LogP contribution in [0.3, 0.4) is 0 Å². The Kier molecular flexibility index (Phi) is 17.6. The largest absolute Gasteiger partial charge is 0.481 e. The molecule has 0 fully saturated rings. The Morgan fingerprint density at radius 3 is 1.37 bits per heavy atom. The molecular formula is C45H48N20O10. The van der Waals surface area contributed by atoms with Crippen LogP contribution in [0.4, 0.5) is 34.9 Å². The van der Waals surface area contributed by atoms with Crippen molar-refractivity contribution in [2.45, 2.75) is 50.9 Å². The third-order valence-electron chi connectivity index (χ3n) is 10.5. The van der Waals surface area contributed by atoms with E-state index in [1.54, 1.807) is 49.2 Å². The Morgan fingerprint density at radius 1 is 0.560 bits per heavy atom. The molecule has 75 heavy (non-hydrogen) atoms. The topological polar surface area (TPSA) is 476 Å². The lowest BCUT2D eigenvalue weighted by Gasteiger charge is -2.19. The molecule has 388 valence electrons. The lowest BCUT2D eigenvalue weighted by atomic mass is 10.1. The molecular weight excluding hydrogens is 981 g/mol. The molecule has 6 heterocycles. The van der Waals surface area contributed by atoms with Crippen LogP contribution in [0, 0.1) is 0 Å². The van der Waals surface area contributed by atoms with Crippen LogP contribution in [0.5, 0.6) is 0 Å². The number of carbonyl (C=O) groups excluding carboxylic acids is 2. The number of hydrogen-bond donors (Lipinski definition) is 11. The number of nitrogens with two attached hydrogens (primary N) is 4. The van der Waals surface area contributed by atoms with Crippen molar-refractivity contribution < 1.29 is 49.2 Å². The van der Waals surface area contributed by atoms with Gasteiger partial charge < -0.3 is 68.8 Å². The molecule has 30 nitrogen and oxygen atoms in total. The summed E-state index contributed by atoms with van der Waals surface area (Å²) in [6.07, 6.45) is 6.69. The SMILES string of the molecule is CN(Cc1cnc2nc(N)nc(N)c2n1)c1ccc(C(=O)N[C@@H](CCC(=O)O)C(=O)O)cc1.CN(Cc1cnc2nc(N)nc(N)c2n1)c1ccc(C(=O)N[C@@H](CCC(=O)O)C(=O)O)cc1.c1ncc2[nH]cnc2n1. The van der Waals surface area contributed by atoms with Crippen LogP contribution in [0.15, 0.2) is 79.8 Å². The molecule has 0 saturated heterocycles. The third kappa shape index (κ3) is 15.0. The van der Waals surface area contributed by atoms with Crippen LogP contribution >= 0.6 is 0 Å². The zero-order valence-electron chi connectivity index (χ0n) is 39.8. The average molecular weight is 1030 g/mol. The maximum atomic E-state index is 12.4. The van der Waals surface area contributed by atoms with Crippen LogP contribution < -0.4 is 43.4 Å². The number of fused-ring (bicyclic) bond motifs is 3. The Morgan fingerprint density at radius 2 is 0.987 bits per heavy atom. The van der Waals surface area contributed by atoms with E-state index in [2.05, 4.69) is 70.4 Å². The molecule has 15 N–H and O–H groups in total. The Bertz CT molecular complexity index is 3150.